The summed E-state index contributed by atoms with van der Waals surface area (Å²) in [5.74, 6) is 0.215. The average Bonchev–Trinajstić information content (AvgIpc) is 2.96. The Morgan fingerprint density at radius 2 is 2.14 bits per heavy atom. The van der Waals surface area contributed by atoms with Crippen LogP contribution in [0.3, 0.4) is 0 Å². The molecule has 0 spiro atoms. The van der Waals surface area contributed by atoms with Crippen molar-refractivity contribution < 1.29 is 9.32 Å². The summed E-state index contributed by atoms with van der Waals surface area (Å²) in [7, 11) is 0. The van der Waals surface area contributed by atoms with E-state index in [1.165, 1.54) is 0 Å². The molecule has 3 aromatic heterocycles. The molecule has 1 N–H and O–H groups in total. The number of aromatic nitrogens is 3. The number of pyridine rings is 2. The van der Waals surface area contributed by atoms with Crippen molar-refractivity contribution in [1.82, 2.24) is 20.4 Å². The van der Waals surface area contributed by atoms with Crippen LogP contribution in [0.15, 0.2) is 53.4 Å². The van der Waals surface area contributed by atoms with E-state index < -0.39 is 0 Å². The van der Waals surface area contributed by atoms with Crippen molar-refractivity contribution in [2.24, 2.45) is 0 Å². The molecule has 0 radical (unpaired) electrons. The number of hydrogen-bond donors (Lipinski definition) is 1. The van der Waals surface area contributed by atoms with Gasteiger partial charge in [-0.05, 0) is 30.7 Å². The summed E-state index contributed by atoms with van der Waals surface area (Å²) >= 11 is 0. The number of carbonyl (C=O) groups is 1. The highest BCUT2D eigenvalue weighted by molar-refractivity contribution is 6.00. The predicted molar refractivity (Wildman–Crippen MR) is 79.9 cm³/mol. The van der Waals surface area contributed by atoms with Crippen LogP contribution in [0.1, 0.15) is 21.7 Å². The maximum absolute atomic E-state index is 12.4. The maximum Gasteiger partial charge on any atom is 0.257 e. The molecule has 0 aliphatic carbocycles. The van der Waals surface area contributed by atoms with Crippen LogP contribution in [0.4, 0.5) is 0 Å². The van der Waals surface area contributed by atoms with Crippen LogP contribution in [0.2, 0.25) is 0 Å². The monoisotopic (exact) mass is 294 g/mol. The van der Waals surface area contributed by atoms with Crippen LogP contribution >= 0.6 is 0 Å². The van der Waals surface area contributed by atoms with E-state index in [1.807, 2.05) is 18.2 Å². The SMILES string of the molecule is Cc1onc(-c2ccccn2)c1C(=O)NCc1cccnc1. The van der Waals surface area contributed by atoms with Crippen molar-refractivity contribution in [1.29, 1.82) is 0 Å². The second-order valence-corrected chi connectivity index (χ2v) is 4.72. The first kappa shape index (κ1) is 13.9. The second-order valence-electron chi connectivity index (χ2n) is 4.72. The van der Waals surface area contributed by atoms with Gasteiger partial charge in [-0.2, -0.15) is 0 Å². The first-order valence-corrected chi connectivity index (χ1v) is 6.80. The molecule has 0 bridgehead atoms. The molecule has 0 aliphatic heterocycles. The average molecular weight is 294 g/mol. The Hall–Kier alpha value is -3.02. The predicted octanol–water partition coefficient (Wildman–Crippen LogP) is 2.37. The van der Waals surface area contributed by atoms with Crippen LogP contribution in [-0.2, 0) is 6.54 Å². The highest BCUT2D eigenvalue weighted by Crippen LogP contribution is 2.23. The third kappa shape index (κ3) is 2.85. The van der Waals surface area contributed by atoms with Gasteiger partial charge in [-0.3, -0.25) is 14.8 Å². The molecule has 0 atom stereocenters. The van der Waals surface area contributed by atoms with E-state index in [0.717, 1.165) is 5.56 Å². The third-order valence-corrected chi connectivity index (χ3v) is 3.17. The smallest absolute Gasteiger partial charge is 0.257 e. The molecule has 3 aromatic rings. The minimum atomic E-state index is -0.247. The molecule has 0 saturated heterocycles. The molecule has 6 nitrogen and oxygen atoms in total. The van der Waals surface area contributed by atoms with E-state index in [0.29, 0.717) is 29.3 Å². The van der Waals surface area contributed by atoms with Crippen molar-refractivity contribution >= 4 is 5.91 Å². The Morgan fingerprint density at radius 3 is 2.86 bits per heavy atom. The van der Waals surface area contributed by atoms with E-state index in [4.69, 9.17) is 4.52 Å². The molecule has 6 heteroatoms. The van der Waals surface area contributed by atoms with Gasteiger partial charge >= 0.3 is 0 Å². The maximum atomic E-state index is 12.4. The van der Waals surface area contributed by atoms with Crippen molar-refractivity contribution in [3.05, 3.63) is 65.8 Å². The lowest BCUT2D eigenvalue weighted by molar-refractivity contribution is 0.0950. The summed E-state index contributed by atoms with van der Waals surface area (Å²) in [5.41, 5.74) is 2.37. The Morgan fingerprint density at radius 1 is 1.23 bits per heavy atom. The fourth-order valence-electron chi connectivity index (χ4n) is 2.09. The van der Waals surface area contributed by atoms with E-state index in [1.54, 1.807) is 37.6 Å². The fraction of sp³-hybridized carbons (Fsp3) is 0.125. The summed E-state index contributed by atoms with van der Waals surface area (Å²) < 4.78 is 5.16. The first-order chi connectivity index (χ1) is 10.8. The highest BCUT2D eigenvalue weighted by atomic mass is 16.5. The topological polar surface area (TPSA) is 80.9 Å². The van der Waals surface area contributed by atoms with Gasteiger partial charge in [0.1, 0.15) is 17.0 Å². The minimum absolute atomic E-state index is 0.247. The summed E-state index contributed by atoms with van der Waals surface area (Å²) in [4.78, 5) is 20.7. The largest absolute Gasteiger partial charge is 0.360 e. The number of hydrogen-bond acceptors (Lipinski definition) is 5. The fourth-order valence-corrected chi connectivity index (χ4v) is 2.09. The van der Waals surface area contributed by atoms with Gasteiger partial charge in [-0.1, -0.05) is 17.3 Å². The van der Waals surface area contributed by atoms with E-state index in [-0.39, 0.29) is 5.91 Å². The van der Waals surface area contributed by atoms with Crippen LogP contribution in [0, 0.1) is 6.92 Å². The molecule has 0 fully saturated rings. The number of rotatable bonds is 4. The van der Waals surface area contributed by atoms with Crippen LogP contribution in [0.5, 0.6) is 0 Å². The van der Waals surface area contributed by atoms with Gasteiger partial charge < -0.3 is 9.84 Å². The normalized spacial score (nSPS) is 10.4. The number of carbonyl (C=O) groups excluding carboxylic acids is 1. The van der Waals surface area contributed by atoms with Crippen LogP contribution in [-0.4, -0.2) is 21.0 Å². The quantitative estimate of drug-likeness (QED) is 0.799. The molecule has 0 saturated carbocycles. The molecule has 0 aliphatic rings. The molecule has 0 unspecified atom stereocenters. The van der Waals surface area contributed by atoms with Crippen molar-refractivity contribution in [2.75, 3.05) is 0 Å². The second kappa shape index (κ2) is 6.17. The number of nitrogens with one attached hydrogen (secondary N) is 1. The van der Waals surface area contributed by atoms with Gasteiger partial charge in [0.05, 0.1) is 5.69 Å². The molecule has 3 rings (SSSR count). The summed E-state index contributed by atoms with van der Waals surface area (Å²) in [6, 6.07) is 9.15. The van der Waals surface area contributed by atoms with E-state index in [2.05, 4.69) is 20.4 Å². The number of amides is 1. The molecule has 22 heavy (non-hydrogen) atoms. The van der Waals surface area contributed by atoms with Gasteiger partial charge in [0.2, 0.25) is 0 Å². The van der Waals surface area contributed by atoms with Gasteiger partial charge in [0.25, 0.3) is 5.91 Å². The Balaban J connectivity index is 1.82. The Kier molecular flexibility index (Phi) is 3.91. The highest BCUT2D eigenvalue weighted by Gasteiger charge is 2.21. The van der Waals surface area contributed by atoms with Crippen molar-refractivity contribution in [3.63, 3.8) is 0 Å². The summed E-state index contributed by atoms with van der Waals surface area (Å²) in [6.07, 6.45) is 5.05. The summed E-state index contributed by atoms with van der Waals surface area (Å²) in [5, 5.41) is 6.80. The molecule has 3 heterocycles. The number of aryl methyl sites for hydroxylation is 1. The van der Waals surface area contributed by atoms with Crippen molar-refractivity contribution in [2.45, 2.75) is 13.5 Å². The number of nitrogens with zero attached hydrogens (tertiary/aromatic N) is 3. The van der Waals surface area contributed by atoms with Gasteiger partial charge in [0, 0.05) is 25.1 Å². The molecule has 0 aromatic carbocycles. The van der Waals surface area contributed by atoms with Crippen LogP contribution in [0.25, 0.3) is 11.4 Å². The van der Waals surface area contributed by atoms with Crippen LogP contribution < -0.4 is 5.32 Å². The van der Waals surface area contributed by atoms with Gasteiger partial charge in [0.15, 0.2) is 0 Å². The van der Waals surface area contributed by atoms with E-state index >= 15 is 0 Å². The van der Waals surface area contributed by atoms with Gasteiger partial charge in [-0.15, -0.1) is 0 Å². The zero-order valence-corrected chi connectivity index (χ0v) is 12.0. The zero-order chi connectivity index (χ0) is 15.4. The molecular formula is C16H14N4O2. The Labute approximate surface area is 127 Å². The minimum Gasteiger partial charge on any atom is -0.360 e. The molecular weight excluding hydrogens is 280 g/mol. The molecule has 110 valence electrons. The lowest BCUT2D eigenvalue weighted by Crippen LogP contribution is -2.23. The van der Waals surface area contributed by atoms with Crippen molar-refractivity contribution in [3.8, 4) is 11.4 Å². The molecule has 1 amide bonds. The van der Waals surface area contributed by atoms with E-state index in [9.17, 15) is 4.79 Å². The standard InChI is InChI=1S/C16H14N4O2/c1-11-14(15(20-22-11)13-6-2-3-8-18-13)16(21)19-10-12-5-4-7-17-9-12/h2-9H,10H2,1H3,(H,19,21). The zero-order valence-electron chi connectivity index (χ0n) is 12.0. The third-order valence-electron chi connectivity index (χ3n) is 3.17. The lowest BCUT2D eigenvalue weighted by atomic mass is 10.1. The summed E-state index contributed by atoms with van der Waals surface area (Å²) in [6.45, 7) is 2.09. The first-order valence-electron chi connectivity index (χ1n) is 6.80. The van der Waals surface area contributed by atoms with Gasteiger partial charge in [-0.25, -0.2) is 0 Å². The Bertz CT molecular complexity index is 769. The lowest BCUT2D eigenvalue weighted by Gasteiger charge is -2.05.